The van der Waals surface area contributed by atoms with Crippen molar-refractivity contribution in [3.8, 4) is 23.4 Å². The lowest BCUT2D eigenvalue weighted by Gasteiger charge is -2.12. The molecular formula is C20H23N5O2. The summed E-state index contributed by atoms with van der Waals surface area (Å²) in [6.07, 6.45) is 2.95. The second-order valence-electron chi connectivity index (χ2n) is 5.64. The number of nitrogens with two attached hydrogens (primary N) is 1. The molecule has 7 nitrogen and oxygen atoms in total. The molecule has 0 atom stereocenters. The van der Waals surface area contributed by atoms with Gasteiger partial charge in [-0.3, -0.25) is 0 Å². The van der Waals surface area contributed by atoms with E-state index in [2.05, 4.69) is 28.8 Å². The second kappa shape index (κ2) is 10.5. The van der Waals surface area contributed by atoms with Gasteiger partial charge in [0, 0.05) is 18.5 Å². The van der Waals surface area contributed by atoms with E-state index < -0.39 is 0 Å². The number of imidazole rings is 1. The topological polar surface area (TPSA) is 89.7 Å². The molecule has 140 valence electrons. The van der Waals surface area contributed by atoms with Gasteiger partial charge >= 0.3 is 0 Å². The van der Waals surface area contributed by atoms with E-state index in [9.17, 15) is 5.11 Å². The number of nitrogens with zero attached hydrogens (tertiary/aromatic N) is 3. The van der Waals surface area contributed by atoms with Crippen LogP contribution in [0.4, 0.5) is 5.82 Å². The van der Waals surface area contributed by atoms with E-state index in [1.54, 1.807) is 0 Å². The summed E-state index contributed by atoms with van der Waals surface area (Å²) in [5.41, 5.74) is 6.96. The van der Waals surface area contributed by atoms with Crippen molar-refractivity contribution < 1.29 is 9.84 Å². The largest absolute Gasteiger partial charge is 0.513 e. The molecule has 0 amide bonds. The number of benzene rings is 1. The van der Waals surface area contributed by atoms with E-state index in [4.69, 9.17) is 22.0 Å². The fourth-order valence-corrected chi connectivity index (χ4v) is 2.50. The molecule has 1 aromatic heterocycles. The van der Waals surface area contributed by atoms with Crippen LogP contribution in [-0.2, 0) is 17.9 Å². The molecule has 0 aliphatic rings. The van der Waals surface area contributed by atoms with E-state index in [0.717, 1.165) is 17.2 Å². The minimum absolute atomic E-state index is 0.101. The molecule has 1 heterocycles. The molecule has 27 heavy (non-hydrogen) atoms. The quantitative estimate of drug-likeness (QED) is 0.361. The van der Waals surface area contributed by atoms with Gasteiger partial charge in [-0.15, -0.1) is 0 Å². The first kappa shape index (κ1) is 19.9. The molecule has 0 aliphatic carbocycles. The van der Waals surface area contributed by atoms with Crippen LogP contribution in [0.15, 0.2) is 42.7 Å². The first-order valence-corrected chi connectivity index (χ1v) is 8.55. The fourth-order valence-electron chi connectivity index (χ4n) is 2.50. The molecule has 0 radical (unpaired) electrons. The Labute approximate surface area is 159 Å². The van der Waals surface area contributed by atoms with E-state index in [1.165, 1.54) is 0 Å². The van der Waals surface area contributed by atoms with Gasteiger partial charge < -0.3 is 30.3 Å². The summed E-state index contributed by atoms with van der Waals surface area (Å²) in [5.74, 6) is 4.24. The van der Waals surface area contributed by atoms with Gasteiger partial charge in [-0.1, -0.05) is 36.9 Å². The summed E-state index contributed by atoms with van der Waals surface area (Å²) >= 11 is 0. The average Bonchev–Trinajstić information content (AvgIpc) is 3.01. The molecule has 0 fully saturated rings. The summed E-state index contributed by atoms with van der Waals surface area (Å²) in [7, 11) is 0. The van der Waals surface area contributed by atoms with Crippen molar-refractivity contribution in [3.63, 3.8) is 0 Å². The van der Waals surface area contributed by atoms with Crippen LogP contribution in [0.2, 0.25) is 0 Å². The van der Waals surface area contributed by atoms with Crippen LogP contribution in [0.1, 0.15) is 12.1 Å². The number of aliphatic hydroxyl groups excluding tert-OH is 1. The van der Waals surface area contributed by atoms with Crippen LogP contribution in [0.25, 0.3) is 16.2 Å². The highest BCUT2D eigenvalue weighted by molar-refractivity contribution is 5.61. The van der Waals surface area contributed by atoms with Gasteiger partial charge in [-0.2, -0.15) is 0 Å². The van der Waals surface area contributed by atoms with E-state index >= 15 is 0 Å². The van der Waals surface area contributed by atoms with Gasteiger partial charge in [0.05, 0.1) is 18.8 Å². The minimum Gasteiger partial charge on any atom is -0.513 e. The lowest BCUT2D eigenvalue weighted by molar-refractivity contribution is 0.261. The maximum Gasteiger partial charge on any atom is 0.232 e. The number of nitrogens with one attached hydrogen (secondary N) is 1. The monoisotopic (exact) mass is 365 g/mol. The Kier molecular flexibility index (Phi) is 7.77. The van der Waals surface area contributed by atoms with E-state index in [0.29, 0.717) is 31.7 Å². The van der Waals surface area contributed by atoms with Gasteiger partial charge in [0.25, 0.3) is 0 Å². The van der Waals surface area contributed by atoms with E-state index in [-0.39, 0.29) is 18.9 Å². The predicted molar refractivity (Wildman–Crippen MR) is 106 cm³/mol. The van der Waals surface area contributed by atoms with Gasteiger partial charge in [-0.25, -0.2) is 11.6 Å². The normalized spacial score (nSPS) is 9.78. The first-order chi connectivity index (χ1) is 13.2. The second-order valence-corrected chi connectivity index (χ2v) is 5.64. The fraction of sp³-hybridized carbons (Fsp3) is 0.300. The summed E-state index contributed by atoms with van der Waals surface area (Å²) in [6.45, 7) is 12.3. The predicted octanol–water partition coefficient (Wildman–Crippen LogP) is 2.78. The number of hydrogen-bond donors (Lipinski definition) is 3. The highest BCUT2D eigenvalue weighted by Gasteiger charge is 2.19. The zero-order valence-corrected chi connectivity index (χ0v) is 15.1. The van der Waals surface area contributed by atoms with Crippen LogP contribution in [0.5, 0.6) is 0 Å². The lowest BCUT2D eigenvalue weighted by Crippen LogP contribution is -2.12. The van der Waals surface area contributed by atoms with Crippen molar-refractivity contribution in [2.75, 3.05) is 25.0 Å². The maximum atomic E-state index is 9.34. The zero-order valence-electron chi connectivity index (χ0n) is 15.1. The van der Waals surface area contributed by atoms with Crippen molar-refractivity contribution in [1.29, 1.82) is 0 Å². The Morgan fingerprint density at radius 2 is 2.19 bits per heavy atom. The van der Waals surface area contributed by atoms with Crippen LogP contribution >= 0.6 is 0 Å². The Morgan fingerprint density at radius 3 is 2.85 bits per heavy atom. The van der Waals surface area contributed by atoms with Crippen LogP contribution in [0, 0.1) is 18.6 Å². The molecule has 0 saturated carbocycles. The van der Waals surface area contributed by atoms with Gasteiger partial charge in [0.2, 0.25) is 6.54 Å². The number of aliphatic hydroxyl groups is 1. The lowest BCUT2D eigenvalue weighted by atomic mass is 10.2. The van der Waals surface area contributed by atoms with Gasteiger partial charge in [0.1, 0.15) is 30.0 Å². The number of ether oxygens (including phenoxy) is 1. The van der Waals surface area contributed by atoms with E-state index in [1.807, 2.05) is 34.9 Å². The number of anilines is 1. The Bertz CT molecular complexity index is 856. The van der Waals surface area contributed by atoms with Crippen molar-refractivity contribution in [2.45, 2.75) is 19.6 Å². The van der Waals surface area contributed by atoms with Crippen molar-refractivity contribution in [1.82, 2.24) is 9.55 Å². The molecule has 0 bridgehead atoms. The number of hydrogen-bond acceptors (Lipinski definition) is 5. The van der Waals surface area contributed by atoms with Crippen molar-refractivity contribution in [3.05, 3.63) is 59.8 Å². The van der Waals surface area contributed by atoms with Crippen LogP contribution in [-0.4, -0.2) is 34.3 Å². The molecule has 0 saturated heterocycles. The summed E-state index contributed by atoms with van der Waals surface area (Å²) in [4.78, 5) is 8.18. The molecule has 2 aromatic rings. The van der Waals surface area contributed by atoms with Gasteiger partial charge in [0.15, 0.2) is 0 Å². The van der Waals surface area contributed by atoms with Crippen LogP contribution in [0.3, 0.4) is 0 Å². The maximum absolute atomic E-state index is 9.34. The van der Waals surface area contributed by atoms with Crippen LogP contribution < -0.4 is 11.1 Å². The summed E-state index contributed by atoms with van der Waals surface area (Å²) < 4.78 is 7.31. The molecular weight excluding hydrogens is 342 g/mol. The molecule has 0 unspecified atom stereocenters. The van der Waals surface area contributed by atoms with Crippen molar-refractivity contribution >= 4 is 5.82 Å². The third kappa shape index (κ3) is 5.81. The molecule has 1 aromatic carbocycles. The molecule has 7 heteroatoms. The zero-order chi connectivity index (χ0) is 19.5. The smallest absolute Gasteiger partial charge is 0.232 e. The summed E-state index contributed by atoms with van der Waals surface area (Å²) in [6, 6.07) is 9.75. The van der Waals surface area contributed by atoms with Crippen molar-refractivity contribution in [2.24, 2.45) is 5.73 Å². The third-order valence-electron chi connectivity index (χ3n) is 3.67. The third-order valence-corrected chi connectivity index (χ3v) is 3.67. The highest BCUT2D eigenvalue weighted by atomic mass is 16.5. The molecule has 4 N–H and O–H groups in total. The highest BCUT2D eigenvalue weighted by Crippen LogP contribution is 2.27. The number of rotatable bonds is 9. The molecule has 0 aliphatic heterocycles. The van der Waals surface area contributed by atoms with Gasteiger partial charge in [-0.05, 0) is 5.92 Å². The average molecular weight is 365 g/mol. The standard InChI is InChI=1S/C20H23N5O2/c1-16(26)9-11-23-20-18(15-27-14-6-10-21)24-19(25(20)13-12-22-2)17-7-4-3-5-8-17/h3-5,7-8,23,26H,1,9-13,15,21H2. The Morgan fingerprint density at radius 1 is 1.41 bits per heavy atom. The molecule has 2 rings (SSSR count). The summed E-state index contributed by atoms with van der Waals surface area (Å²) in [5, 5.41) is 12.6. The Hall–Kier alpha value is -3.42. The number of aromatic nitrogens is 2. The SMILES string of the molecule is [C-]#[N+]CCn1c(-c2ccccc2)nc(COC#CCN)c1NCCC(=C)O. The Balaban J connectivity index is 2.40. The minimum atomic E-state index is 0.101. The molecule has 0 spiro atoms. The first-order valence-electron chi connectivity index (χ1n) is 8.55.